The Bertz CT molecular complexity index is 246. The zero-order valence-electron chi connectivity index (χ0n) is 8.91. The molecule has 1 aliphatic carbocycles. The van der Waals surface area contributed by atoms with Gasteiger partial charge < -0.3 is 10.4 Å². The molecule has 0 aliphatic heterocycles. The highest BCUT2D eigenvalue weighted by Gasteiger charge is 2.36. The Kier molecular flexibility index (Phi) is 4.45. The summed E-state index contributed by atoms with van der Waals surface area (Å²) in [6.45, 7) is 0.673. The second-order valence-corrected chi connectivity index (χ2v) is 5.19. The first-order valence-corrected chi connectivity index (χ1v) is 6.34. The first-order chi connectivity index (χ1) is 7.08. The zero-order chi connectivity index (χ0) is 11.3. The average Bonchev–Trinajstić information content (AvgIpc) is 2.14. The van der Waals surface area contributed by atoms with Crippen molar-refractivity contribution in [1.29, 1.82) is 0 Å². The lowest BCUT2D eigenvalue weighted by Gasteiger charge is -2.40. The fraction of sp³-hybridized carbons (Fsp3) is 0.800. The summed E-state index contributed by atoms with van der Waals surface area (Å²) in [6.07, 6.45) is 5.58. The minimum Gasteiger partial charge on any atom is -0.481 e. The van der Waals surface area contributed by atoms with Gasteiger partial charge in [0.25, 0.3) is 0 Å². The van der Waals surface area contributed by atoms with E-state index in [1.807, 2.05) is 0 Å². The Morgan fingerprint density at radius 1 is 1.40 bits per heavy atom. The molecule has 15 heavy (non-hydrogen) atoms. The van der Waals surface area contributed by atoms with Crippen LogP contribution in [0, 0.1) is 0 Å². The molecule has 0 aromatic heterocycles. The molecule has 0 unspecified atom stereocenters. The molecule has 0 aromatic carbocycles. The number of hydrogen-bond acceptors (Lipinski definition) is 3. The van der Waals surface area contributed by atoms with Crippen LogP contribution in [0.5, 0.6) is 0 Å². The van der Waals surface area contributed by atoms with E-state index in [4.69, 9.17) is 5.11 Å². The number of carboxylic acids is 1. The van der Waals surface area contributed by atoms with E-state index >= 15 is 0 Å². The molecule has 0 spiro atoms. The number of amides is 1. The van der Waals surface area contributed by atoms with Crippen molar-refractivity contribution in [2.75, 3.05) is 12.8 Å². The Morgan fingerprint density at radius 2 is 2.07 bits per heavy atom. The molecule has 1 aliphatic rings. The van der Waals surface area contributed by atoms with Gasteiger partial charge in [-0.2, -0.15) is 11.8 Å². The van der Waals surface area contributed by atoms with E-state index in [-0.39, 0.29) is 23.5 Å². The van der Waals surface area contributed by atoms with Crippen LogP contribution < -0.4 is 5.32 Å². The highest BCUT2D eigenvalue weighted by atomic mass is 32.2. The summed E-state index contributed by atoms with van der Waals surface area (Å²) in [6, 6.07) is 0. The molecule has 1 fully saturated rings. The van der Waals surface area contributed by atoms with Gasteiger partial charge in [0.2, 0.25) is 5.91 Å². The molecule has 1 amide bonds. The van der Waals surface area contributed by atoms with Crippen molar-refractivity contribution in [1.82, 2.24) is 5.32 Å². The van der Waals surface area contributed by atoms with Crippen molar-refractivity contribution in [3.05, 3.63) is 0 Å². The van der Waals surface area contributed by atoms with Crippen LogP contribution in [0.25, 0.3) is 0 Å². The number of carbonyl (C=O) groups excluding carboxylic acids is 1. The third-order valence-electron chi connectivity index (χ3n) is 2.87. The van der Waals surface area contributed by atoms with Crippen LogP contribution in [0.2, 0.25) is 0 Å². The van der Waals surface area contributed by atoms with Crippen LogP contribution in [0.4, 0.5) is 0 Å². The maximum absolute atomic E-state index is 11.3. The number of thioether (sulfide) groups is 1. The molecule has 86 valence electrons. The van der Waals surface area contributed by atoms with Gasteiger partial charge in [-0.15, -0.1) is 0 Å². The SMILES string of the molecule is CSC1(CNC(=O)CCC(=O)O)CCC1. The van der Waals surface area contributed by atoms with Gasteiger partial charge in [-0.05, 0) is 19.1 Å². The number of carbonyl (C=O) groups is 2. The van der Waals surface area contributed by atoms with Crippen LogP contribution in [0.15, 0.2) is 0 Å². The predicted octanol–water partition coefficient (Wildman–Crippen LogP) is 1.25. The minimum atomic E-state index is -0.923. The standard InChI is InChI=1S/C10H17NO3S/c1-15-10(5-2-6-10)7-11-8(12)3-4-9(13)14/h2-7H2,1H3,(H,11,12)(H,13,14). The van der Waals surface area contributed by atoms with E-state index in [9.17, 15) is 9.59 Å². The Hall–Kier alpha value is -0.710. The smallest absolute Gasteiger partial charge is 0.303 e. The second-order valence-electron chi connectivity index (χ2n) is 3.91. The van der Waals surface area contributed by atoms with Crippen LogP contribution in [0.1, 0.15) is 32.1 Å². The van der Waals surface area contributed by atoms with Gasteiger partial charge in [0, 0.05) is 17.7 Å². The lowest BCUT2D eigenvalue weighted by atomic mass is 9.84. The Balaban J connectivity index is 2.18. The van der Waals surface area contributed by atoms with Gasteiger partial charge >= 0.3 is 5.97 Å². The summed E-state index contributed by atoms with van der Waals surface area (Å²) >= 11 is 1.79. The summed E-state index contributed by atoms with van der Waals surface area (Å²) in [4.78, 5) is 21.5. The van der Waals surface area contributed by atoms with Crippen molar-refractivity contribution >= 4 is 23.6 Å². The first-order valence-electron chi connectivity index (χ1n) is 5.12. The van der Waals surface area contributed by atoms with Crippen LogP contribution in [0.3, 0.4) is 0 Å². The Labute approximate surface area is 93.8 Å². The molecule has 0 bridgehead atoms. The summed E-state index contributed by atoms with van der Waals surface area (Å²) in [5.41, 5.74) is 0. The molecular formula is C10H17NO3S. The highest BCUT2D eigenvalue weighted by molar-refractivity contribution is 8.00. The average molecular weight is 231 g/mol. The molecule has 0 heterocycles. The summed E-state index contributed by atoms with van der Waals surface area (Å²) in [5.74, 6) is -1.08. The van der Waals surface area contributed by atoms with Crippen LogP contribution in [-0.2, 0) is 9.59 Å². The molecule has 0 aromatic rings. The van der Waals surface area contributed by atoms with E-state index < -0.39 is 5.97 Å². The number of nitrogens with one attached hydrogen (secondary N) is 1. The molecule has 4 nitrogen and oxygen atoms in total. The maximum Gasteiger partial charge on any atom is 0.303 e. The van der Waals surface area contributed by atoms with Gasteiger partial charge in [-0.1, -0.05) is 6.42 Å². The second kappa shape index (κ2) is 5.39. The van der Waals surface area contributed by atoms with Crippen molar-refractivity contribution in [3.63, 3.8) is 0 Å². The lowest BCUT2D eigenvalue weighted by Crippen LogP contribution is -2.45. The third-order valence-corrected chi connectivity index (χ3v) is 4.29. The van der Waals surface area contributed by atoms with E-state index in [0.29, 0.717) is 6.54 Å². The molecule has 2 N–H and O–H groups in total. The Morgan fingerprint density at radius 3 is 2.47 bits per heavy atom. The van der Waals surface area contributed by atoms with Gasteiger partial charge in [0.15, 0.2) is 0 Å². The van der Waals surface area contributed by atoms with E-state index in [2.05, 4.69) is 11.6 Å². The highest BCUT2D eigenvalue weighted by Crippen LogP contribution is 2.42. The van der Waals surface area contributed by atoms with E-state index in [1.165, 1.54) is 6.42 Å². The number of aliphatic carboxylic acids is 1. The quantitative estimate of drug-likeness (QED) is 0.722. The zero-order valence-corrected chi connectivity index (χ0v) is 9.73. The van der Waals surface area contributed by atoms with Crippen LogP contribution >= 0.6 is 11.8 Å². The summed E-state index contributed by atoms with van der Waals surface area (Å²) in [5, 5.41) is 11.2. The van der Waals surface area contributed by atoms with E-state index in [0.717, 1.165) is 12.8 Å². The van der Waals surface area contributed by atoms with Gasteiger partial charge in [0.05, 0.1) is 6.42 Å². The molecule has 5 heteroatoms. The van der Waals surface area contributed by atoms with Crippen molar-refractivity contribution in [3.8, 4) is 0 Å². The molecule has 1 rings (SSSR count). The molecule has 0 saturated heterocycles. The molecule has 1 saturated carbocycles. The normalized spacial score (nSPS) is 17.9. The maximum atomic E-state index is 11.3. The van der Waals surface area contributed by atoms with Crippen LogP contribution in [-0.4, -0.2) is 34.5 Å². The predicted molar refractivity (Wildman–Crippen MR) is 60.0 cm³/mol. The van der Waals surface area contributed by atoms with Gasteiger partial charge in [-0.3, -0.25) is 9.59 Å². The third kappa shape index (κ3) is 3.74. The minimum absolute atomic E-state index is 0.0831. The van der Waals surface area contributed by atoms with Gasteiger partial charge in [-0.25, -0.2) is 0 Å². The topological polar surface area (TPSA) is 66.4 Å². The van der Waals surface area contributed by atoms with Crippen molar-refractivity contribution in [2.45, 2.75) is 36.9 Å². The first kappa shape index (κ1) is 12.4. The number of rotatable bonds is 6. The van der Waals surface area contributed by atoms with Crippen molar-refractivity contribution < 1.29 is 14.7 Å². The largest absolute Gasteiger partial charge is 0.481 e. The molecule has 0 radical (unpaired) electrons. The lowest BCUT2D eigenvalue weighted by molar-refractivity contribution is -0.138. The van der Waals surface area contributed by atoms with E-state index in [1.54, 1.807) is 11.8 Å². The summed E-state index contributed by atoms with van der Waals surface area (Å²) < 4.78 is 0.221. The van der Waals surface area contributed by atoms with Crippen molar-refractivity contribution in [2.24, 2.45) is 0 Å². The summed E-state index contributed by atoms with van der Waals surface area (Å²) in [7, 11) is 0. The molecule has 0 atom stereocenters. The number of carboxylic acid groups (broad SMARTS) is 1. The monoisotopic (exact) mass is 231 g/mol. The fourth-order valence-corrected chi connectivity index (χ4v) is 2.51. The molecular weight excluding hydrogens is 214 g/mol. The van der Waals surface area contributed by atoms with Gasteiger partial charge in [0.1, 0.15) is 0 Å². The fourth-order valence-electron chi connectivity index (χ4n) is 1.59. The number of hydrogen-bond donors (Lipinski definition) is 2.